The summed E-state index contributed by atoms with van der Waals surface area (Å²) >= 11 is 0. The number of rotatable bonds is 8. The van der Waals surface area contributed by atoms with Gasteiger partial charge < -0.3 is 10.6 Å². The number of unbranched alkanes of at least 4 members (excludes halogenated alkanes) is 1. The number of hydrogen-bond acceptors (Lipinski definition) is 5. The first-order valence-electron chi connectivity index (χ1n) is 10.0. The van der Waals surface area contributed by atoms with E-state index < -0.39 is 57.6 Å². The summed E-state index contributed by atoms with van der Waals surface area (Å²) in [6, 6.07) is 6.70. The van der Waals surface area contributed by atoms with E-state index in [1.807, 2.05) is 12.2 Å². The number of fused-ring (bicyclic) bond motifs is 1. The largest absolute Gasteiger partial charge is 0.345 e. The molecule has 0 spiro atoms. The molecule has 12 heteroatoms. The average Bonchev–Trinajstić information content (AvgIpc) is 3.05. The first-order chi connectivity index (χ1) is 15.6. The Morgan fingerprint density at radius 3 is 2.55 bits per heavy atom. The lowest BCUT2D eigenvalue weighted by Crippen LogP contribution is -2.40. The number of nitrogens with zero attached hydrogens (tertiary/aromatic N) is 1. The van der Waals surface area contributed by atoms with Crippen LogP contribution in [0.15, 0.2) is 46.3 Å². The monoisotopic (exact) mass is 482 g/mol. The van der Waals surface area contributed by atoms with Gasteiger partial charge in [0.25, 0.3) is 10.0 Å². The van der Waals surface area contributed by atoms with Crippen molar-refractivity contribution in [3.05, 3.63) is 59.4 Å². The van der Waals surface area contributed by atoms with Gasteiger partial charge in [-0.25, -0.2) is 21.6 Å². The summed E-state index contributed by atoms with van der Waals surface area (Å²) in [6.45, 7) is 1.31. The normalized spacial score (nSPS) is 16.1. The smallest absolute Gasteiger partial charge is 0.263 e. The molecule has 2 aromatic rings. The van der Waals surface area contributed by atoms with E-state index in [-0.39, 0.29) is 17.2 Å². The van der Waals surface area contributed by atoms with Crippen molar-refractivity contribution >= 4 is 33.4 Å². The SMILES string of the molecule is CCCCC(N=C1NS(=O)(=O)c2ccccc21)C(=O)NCC(=O)Nc1ccc(F)c(F)c1F. The molecule has 3 rings (SSSR count). The third-order valence-electron chi connectivity index (χ3n) is 4.81. The maximum atomic E-state index is 13.7. The Morgan fingerprint density at radius 2 is 1.82 bits per heavy atom. The number of anilines is 1. The van der Waals surface area contributed by atoms with E-state index in [2.05, 4.69) is 15.0 Å². The van der Waals surface area contributed by atoms with Crippen LogP contribution in [0.1, 0.15) is 31.7 Å². The van der Waals surface area contributed by atoms with Crippen LogP contribution in [0.4, 0.5) is 18.9 Å². The number of sulfonamides is 1. The molecule has 1 atom stereocenters. The van der Waals surface area contributed by atoms with E-state index in [4.69, 9.17) is 0 Å². The standard InChI is InChI=1S/C21H21F3N4O4S/c1-2-3-7-15(27-20-12-6-4-5-8-16(12)33(31,32)28-20)21(30)25-11-17(29)26-14-10-9-13(22)18(23)19(14)24/h4-6,8-10,15H,2-3,7,11H2,1H3,(H,25,30)(H,26,29)(H,27,28). The molecule has 1 aliphatic rings. The molecule has 0 saturated carbocycles. The lowest BCUT2D eigenvalue weighted by molar-refractivity contribution is -0.125. The lowest BCUT2D eigenvalue weighted by atomic mass is 10.1. The van der Waals surface area contributed by atoms with Gasteiger partial charge in [-0.2, -0.15) is 0 Å². The molecule has 1 aliphatic heterocycles. The molecule has 1 unspecified atom stereocenters. The van der Waals surface area contributed by atoms with Crippen LogP contribution in [0.25, 0.3) is 0 Å². The van der Waals surface area contributed by atoms with Gasteiger partial charge in [-0.15, -0.1) is 0 Å². The number of carbonyl (C=O) groups is 2. The molecule has 33 heavy (non-hydrogen) atoms. The van der Waals surface area contributed by atoms with Crippen LogP contribution in [0.3, 0.4) is 0 Å². The highest BCUT2D eigenvalue weighted by Gasteiger charge is 2.31. The molecule has 0 bridgehead atoms. The predicted octanol–water partition coefficient (Wildman–Crippen LogP) is 2.46. The second-order valence-corrected chi connectivity index (χ2v) is 8.88. The second-order valence-electron chi connectivity index (χ2n) is 7.23. The summed E-state index contributed by atoms with van der Waals surface area (Å²) < 4.78 is 66.9. The molecule has 0 aliphatic carbocycles. The Labute approximate surface area is 188 Å². The van der Waals surface area contributed by atoms with Gasteiger partial charge >= 0.3 is 0 Å². The number of benzene rings is 2. The van der Waals surface area contributed by atoms with E-state index in [0.29, 0.717) is 18.1 Å². The molecule has 0 fully saturated rings. The fourth-order valence-electron chi connectivity index (χ4n) is 3.14. The average molecular weight is 482 g/mol. The van der Waals surface area contributed by atoms with Crippen molar-refractivity contribution in [2.45, 2.75) is 37.1 Å². The van der Waals surface area contributed by atoms with Crippen LogP contribution in [-0.4, -0.2) is 38.7 Å². The summed E-state index contributed by atoms with van der Waals surface area (Å²) in [5, 5.41) is 4.40. The van der Waals surface area contributed by atoms with Gasteiger partial charge in [0, 0.05) is 5.56 Å². The van der Waals surface area contributed by atoms with Crippen molar-refractivity contribution < 1.29 is 31.2 Å². The van der Waals surface area contributed by atoms with E-state index in [1.165, 1.54) is 6.07 Å². The van der Waals surface area contributed by atoms with Gasteiger partial charge in [0.15, 0.2) is 17.5 Å². The van der Waals surface area contributed by atoms with E-state index in [1.54, 1.807) is 18.2 Å². The molecular weight excluding hydrogens is 461 g/mol. The number of amidine groups is 1. The molecule has 8 nitrogen and oxygen atoms in total. The maximum Gasteiger partial charge on any atom is 0.263 e. The summed E-state index contributed by atoms with van der Waals surface area (Å²) in [4.78, 5) is 29.1. The van der Waals surface area contributed by atoms with Gasteiger partial charge in [0.1, 0.15) is 11.9 Å². The Bertz CT molecular complexity index is 1220. The van der Waals surface area contributed by atoms with Gasteiger partial charge in [0.05, 0.1) is 17.1 Å². The Kier molecular flexibility index (Phi) is 7.36. The van der Waals surface area contributed by atoms with Gasteiger partial charge in [-0.1, -0.05) is 31.9 Å². The van der Waals surface area contributed by atoms with Crippen molar-refractivity contribution in [1.82, 2.24) is 10.0 Å². The molecule has 0 radical (unpaired) electrons. The molecular formula is C21H21F3N4O4S. The van der Waals surface area contributed by atoms with Crippen LogP contribution < -0.4 is 15.4 Å². The fraction of sp³-hybridized carbons (Fsp3) is 0.286. The maximum absolute atomic E-state index is 13.7. The topological polar surface area (TPSA) is 117 Å². The van der Waals surface area contributed by atoms with E-state index in [0.717, 1.165) is 12.5 Å². The van der Waals surface area contributed by atoms with Crippen molar-refractivity contribution in [1.29, 1.82) is 0 Å². The Balaban J connectivity index is 1.71. The zero-order valence-electron chi connectivity index (χ0n) is 17.5. The van der Waals surface area contributed by atoms with Crippen LogP contribution in [0.5, 0.6) is 0 Å². The second kappa shape index (κ2) is 10.0. The Hall–Kier alpha value is -3.41. The van der Waals surface area contributed by atoms with Gasteiger partial charge in [-0.05, 0) is 30.7 Å². The third-order valence-corrected chi connectivity index (χ3v) is 6.21. The number of nitrogens with one attached hydrogen (secondary N) is 3. The summed E-state index contributed by atoms with van der Waals surface area (Å²) in [5.41, 5.74) is -0.244. The minimum absolute atomic E-state index is 0.0233. The summed E-state index contributed by atoms with van der Waals surface area (Å²) in [6.07, 6.45) is 1.64. The number of hydrogen-bond donors (Lipinski definition) is 3. The van der Waals surface area contributed by atoms with Crippen molar-refractivity contribution in [3.63, 3.8) is 0 Å². The Morgan fingerprint density at radius 1 is 1.09 bits per heavy atom. The molecule has 2 aromatic carbocycles. The van der Waals surface area contributed by atoms with Crippen LogP contribution in [-0.2, 0) is 19.6 Å². The number of halogens is 3. The fourth-order valence-corrected chi connectivity index (χ4v) is 4.38. The predicted molar refractivity (Wildman–Crippen MR) is 115 cm³/mol. The van der Waals surface area contributed by atoms with Gasteiger partial charge in [0.2, 0.25) is 11.8 Å². The highest BCUT2D eigenvalue weighted by atomic mass is 32.2. The molecule has 1 heterocycles. The van der Waals surface area contributed by atoms with E-state index >= 15 is 0 Å². The van der Waals surface area contributed by atoms with E-state index in [9.17, 15) is 31.2 Å². The minimum atomic E-state index is -3.79. The third kappa shape index (κ3) is 5.51. The van der Waals surface area contributed by atoms with Crippen LogP contribution in [0.2, 0.25) is 0 Å². The summed E-state index contributed by atoms with van der Waals surface area (Å²) in [7, 11) is -3.79. The molecule has 0 aromatic heterocycles. The van der Waals surface area contributed by atoms with Crippen LogP contribution >= 0.6 is 0 Å². The van der Waals surface area contributed by atoms with Crippen molar-refractivity contribution in [2.24, 2.45) is 4.99 Å². The highest BCUT2D eigenvalue weighted by Crippen LogP contribution is 2.23. The highest BCUT2D eigenvalue weighted by molar-refractivity contribution is 7.90. The van der Waals surface area contributed by atoms with Crippen molar-refractivity contribution in [3.8, 4) is 0 Å². The molecule has 2 amide bonds. The molecule has 176 valence electrons. The minimum Gasteiger partial charge on any atom is -0.345 e. The molecule has 0 saturated heterocycles. The van der Waals surface area contributed by atoms with Crippen molar-refractivity contribution in [2.75, 3.05) is 11.9 Å². The zero-order chi connectivity index (χ0) is 24.2. The summed E-state index contributed by atoms with van der Waals surface area (Å²) in [5.74, 6) is -6.20. The first-order valence-corrected chi connectivity index (χ1v) is 11.5. The molecule has 3 N–H and O–H groups in total. The number of aliphatic imine (C=N–C) groups is 1. The number of amides is 2. The van der Waals surface area contributed by atoms with Gasteiger partial charge in [-0.3, -0.25) is 19.3 Å². The quantitative estimate of drug-likeness (QED) is 0.501. The lowest BCUT2D eigenvalue weighted by Gasteiger charge is -2.14. The van der Waals surface area contributed by atoms with Crippen LogP contribution in [0, 0.1) is 17.5 Å². The first kappa shape index (κ1) is 24.2. The zero-order valence-corrected chi connectivity index (χ0v) is 18.3. The number of carbonyl (C=O) groups excluding carboxylic acids is 2.